The van der Waals surface area contributed by atoms with Gasteiger partial charge in [-0.05, 0) is 19.3 Å². The molecule has 0 radical (unpaired) electrons. The van der Waals surface area contributed by atoms with E-state index in [0.29, 0.717) is 12.8 Å². The average molecular weight is 321 g/mol. The zero-order chi connectivity index (χ0) is 16.5. The zero-order valence-electron chi connectivity index (χ0n) is 11.7. The Morgan fingerprint density at radius 3 is 2.41 bits per heavy atom. The van der Waals surface area contributed by atoms with Gasteiger partial charge in [-0.2, -0.15) is 0 Å². The summed E-state index contributed by atoms with van der Waals surface area (Å²) in [7, 11) is 0. The molecule has 0 aromatic heterocycles. The van der Waals surface area contributed by atoms with E-state index in [-0.39, 0.29) is 5.23 Å². The van der Waals surface area contributed by atoms with Crippen LogP contribution in [0.25, 0.3) is 0 Å². The smallest absolute Gasteiger partial charge is 0.433 e. The summed E-state index contributed by atoms with van der Waals surface area (Å²) in [6.45, 7) is 0.632. The molecule has 1 aliphatic heterocycles. The highest BCUT2D eigenvalue weighted by Gasteiger charge is 2.72. The molecule has 1 N–H and O–H groups in total. The Morgan fingerprint density at radius 1 is 1.41 bits per heavy atom. The van der Waals surface area contributed by atoms with E-state index in [9.17, 15) is 30.1 Å². The third kappa shape index (κ3) is 2.85. The van der Waals surface area contributed by atoms with Gasteiger partial charge in [-0.1, -0.05) is 0 Å². The number of nitro groups is 2. The molecule has 1 saturated heterocycles. The van der Waals surface area contributed by atoms with Gasteiger partial charge in [0.05, 0.1) is 10.8 Å². The number of carbonyl (C=O) groups excluding carboxylic acids is 1. The van der Waals surface area contributed by atoms with Crippen molar-refractivity contribution in [2.45, 2.75) is 50.3 Å². The minimum absolute atomic E-state index is 0.0941. The number of nitrogens with zero attached hydrogens (tertiary/aromatic N) is 3. The van der Waals surface area contributed by atoms with Crippen molar-refractivity contribution >= 4 is 5.97 Å². The van der Waals surface area contributed by atoms with Crippen LogP contribution in [-0.2, 0) is 19.2 Å². The second-order valence-electron chi connectivity index (χ2n) is 5.25. The Labute approximate surface area is 123 Å². The quantitative estimate of drug-likeness (QED) is 0.295. The van der Waals surface area contributed by atoms with Gasteiger partial charge < -0.3 is 9.84 Å². The van der Waals surface area contributed by atoms with E-state index in [2.05, 4.69) is 4.74 Å². The lowest BCUT2D eigenvalue weighted by Gasteiger charge is -2.36. The summed E-state index contributed by atoms with van der Waals surface area (Å²) in [4.78, 5) is 40.6. The molecule has 0 aromatic carbocycles. The van der Waals surface area contributed by atoms with Crippen molar-refractivity contribution in [1.82, 2.24) is 5.23 Å². The van der Waals surface area contributed by atoms with E-state index in [1.807, 2.05) is 0 Å². The highest BCUT2D eigenvalue weighted by atomic mass is 17.0. The van der Waals surface area contributed by atoms with E-state index in [1.54, 1.807) is 0 Å². The van der Waals surface area contributed by atoms with Gasteiger partial charge in [0.25, 0.3) is 0 Å². The Morgan fingerprint density at radius 2 is 2.00 bits per heavy atom. The molecule has 0 bridgehead atoms. The van der Waals surface area contributed by atoms with E-state index >= 15 is 0 Å². The van der Waals surface area contributed by atoms with Crippen LogP contribution in [0.2, 0.25) is 0 Å². The molecule has 1 atom stereocenters. The summed E-state index contributed by atoms with van der Waals surface area (Å²) in [5.74, 6) is -3.76. The highest BCUT2D eigenvalue weighted by molar-refractivity contribution is 5.66. The Balaban J connectivity index is 2.16. The predicted octanol–water partition coefficient (Wildman–Crippen LogP) is -0.433. The molecule has 2 fully saturated rings. The number of hydrogen-bond acceptors (Lipinski definition) is 10. The van der Waals surface area contributed by atoms with Crippen LogP contribution in [0.3, 0.4) is 0 Å². The first-order valence-electron chi connectivity index (χ1n) is 6.48. The molecule has 22 heavy (non-hydrogen) atoms. The average Bonchev–Trinajstić information content (AvgIpc) is 2.73. The number of rotatable bonds is 6. The first-order chi connectivity index (χ1) is 10.2. The van der Waals surface area contributed by atoms with Crippen molar-refractivity contribution < 1.29 is 34.2 Å². The van der Waals surface area contributed by atoms with E-state index in [1.165, 1.54) is 0 Å². The van der Waals surface area contributed by atoms with Gasteiger partial charge in [0, 0.05) is 6.92 Å². The van der Waals surface area contributed by atoms with Crippen LogP contribution in [0, 0.1) is 20.2 Å². The lowest BCUT2D eigenvalue weighted by atomic mass is 9.81. The molecule has 1 saturated carbocycles. The first-order valence-corrected chi connectivity index (χ1v) is 6.48. The van der Waals surface area contributed by atoms with Gasteiger partial charge in [0.2, 0.25) is 6.29 Å². The Kier molecular flexibility index (Phi) is 4.28. The number of ether oxygens (including phenoxy) is 1. The molecule has 124 valence electrons. The van der Waals surface area contributed by atoms with Crippen molar-refractivity contribution in [3.63, 3.8) is 0 Å². The minimum Gasteiger partial charge on any atom is -0.433 e. The number of hydroxylamine groups is 2. The molecule has 12 nitrogen and oxygen atoms in total. The van der Waals surface area contributed by atoms with E-state index in [0.717, 1.165) is 13.3 Å². The van der Waals surface area contributed by atoms with Crippen LogP contribution >= 0.6 is 0 Å². The maximum atomic E-state index is 11.2. The molecule has 1 aliphatic carbocycles. The third-order valence-electron chi connectivity index (χ3n) is 3.56. The number of carbonyl (C=O) groups is 1. The molecule has 0 spiro atoms. The van der Waals surface area contributed by atoms with E-state index in [4.69, 9.17) is 9.68 Å². The zero-order valence-corrected chi connectivity index (χ0v) is 11.7. The summed E-state index contributed by atoms with van der Waals surface area (Å²) in [6, 6.07) is 0. The van der Waals surface area contributed by atoms with Crippen molar-refractivity contribution in [2.75, 3.05) is 6.61 Å². The predicted molar refractivity (Wildman–Crippen MR) is 64.6 cm³/mol. The number of hydrogen-bond donors (Lipinski definition) is 1. The van der Waals surface area contributed by atoms with Crippen molar-refractivity contribution in [2.24, 2.45) is 0 Å². The van der Waals surface area contributed by atoms with Gasteiger partial charge >= 0.3 is 11.8 Å². The number of esters is 1. The molecule has 0 amide bonds. The van der Waals surface area contributed by atoms with Crippen LogP contribution in [0.1, 0.15) is 32.6 Å². The second kappa shape index (κ2) is 5.72. The van der Waals surface area contributed by atoms with Gasteiger partial charge in [-0.15, -0.1) is 0 Å². The fourth-order valence-electron chi connectivity index (χ4n) is 2.17. The van der Waals surface area contributed by atoms with Crippen molar-refractivity contribution in [1.29, 1.82) is 0 Å². The topological polar surface area (TPSA) is 155 Å². The van der Waals surface area contributed by atoms with Gasteiger partial charge in [-0.3, -0.25) is 29.9 Å². The van der Waals surface area contributed by atoms with Crippen LogP contribution in [0.5, 0.6) is 0 Å². The Bertz CT molecular complexity index is 478. The molecular weight excluding hydrogens is 306 g/mol. The monoisotopic (exact) mass is 321 g/mol. The molecule has 1 unspecified atom stereocenters. The van der Waals surface area contributed by atoms with Crippen molar-refractivity contribution in [3.8, 4) is 0 Å². The van der Waals surface area contributed by atoms with Crippen LogP contribution < -0.4 is 0 Å². The lowest BCUT2D eigenvalue weighted by Crippen LogP contribution is -2.57. The summed E-state index contributed by atoms with van der Waals surface area (Å²) in [6.07, 6.45) is -0.780. The lowest BCUT2D eigenvalue weighted by molar-refractivity contribution is -0.851. The molecule has 12 heteroatoms. The van der Waals surface area contributed by atoms with Gasteiger partial charge in [-0.25, -0.2) is 4.84 Å². The van der Waals surface area contributed by atoms with Gasteiger partial charge in [0.15, 0.2) is 6.42 Å². The largest absolute Gasteiger partial charge is 0.572 e. The normalized spacial score (nSPS) is 26.2. The van der Waals surface area contributed by atoms with Crippen molar-refractivity contribution in [3.05, 3.63) is 20.2 Å². The summed E-state index contributed by atoms with van der Waals surface area (Å²) in [5.41, 5.74) is -1.19. The van der Waals surface area contributed by atoms with Gasteiger partial charge in [0.1, 0.15) is 16.5 Å². The second-order valence-corrected chi connectivity index (χ2v) is 5.25. The minimum atomic E-state index is -2.94. The maximum Gasteiger partial charge on any atom is 0.572 e. The summed E-state index contributed by atoms with van der Waals surface area (Å²) in [5, 5.41) is 32.3. The molecule has 0 aromatic rings. The van der Waals surface area contributed by atoms with Crippen LogP contribution in [0.4, 0.5) is 0 Å². The van der Waals surface area contributed by atoms with Crippen LogP contribution in [0.15, 0.2) is 0 Å². The molecule has 2 rings (SSSR count). The number of aliphatic hydroxyl groups is 1. The fourth-order valence-corrected chi connectivity index (χ4v) is 2.17. The third-order valence-corrected chi connectivity index (χ3v) is 3.56. The van der Waals surface area contributed by atoms with E-state index < -0.39 is 46.5 Å². The SMILES string of the molecule is CC(=O)OC1CC([N+](=O)[O-])([N+](=O)[O-])N(OCC2(O)CCC2)O1. The molecular formula is C10H15N3O9. The highest BCUT2D eigenvalue weighted by Crippen LogP contribution is 2.37. The molecule has 2 aliphatic rings. The maximum absolute atomic E-state index is 11.2. The summed E-state index contributed by atoms with van der Waals surface area (Å²) < 4.78 is 4.62. The summed E-state index contributed by atoms with van der Waals surface area (Å²) >= 11 is 0. The Hall–Kier alpha value is -1.89. The van der Waals surface area contributed by atoms with Crippen LogP contribution in [-0.4, -0.2) is 50.4 Å². The standard InChI is InChI=1S/C10H15N3O9/c1-7(14)21-8-5-10(11(16)17,12(18)19)13(22-8)20-6-9(15)3-2-4-9/h8,15H,2-6H2,1H3. The fraction of sp³-hybridized carbons (Fsp3) is 0.900. The first kappa shape index (κ1) is 16.5. The molecule has 1 heterocycles.